The molecule has 0 amide bonds. The summed E-state index contributed by atoms with van der Waals surface area (Å²) in [6.07, 6.45) is -0.205. The average molecular weight is 1440 g/mol. The number of nitrogens with two attached hydrogens (primary N) is 1. The van der Waals surface area contributed by atoms with Crippen LogP contribution in [0.15, 0.2) is 161 Å². The van der Waals surface area contributed by atoms with Crippen LogP contribution in [0.25, 0.3) is 0 Å². The van der Waals surface area contributed by atoms with Gasteiger partial charge in [0, 0.05) is 124 Å². The number of hydrogen-bond acceptors (Lipinski definition) is 32. The predicted molar refractivity (Wildman–Crippen MR) is 420 cm³/mol. The van der Waals surface area contributed by atoms with E-state index in [9.17, 15) is 0 Å². The lowest BCUT2D eigenvalue weighted by Gasteiger charge is -2.35. The third-order valence-corrected chi connectivity index (χ3v) is 17.7. The molecule has 97 heavy (non-hydrogen) atoms. The molecule has 12 rings (SSSR count). The van der Waals surface area contributed by atoms with Gasteiger partial charge in [-0.2, -0.15) is 68.0 Å². The molecule has 0 fully saturated rings. The fourth-order valence-corrected chi connectivity index (χ4v) is 12.7. The van der Waals surface area contributed by atoms with Crippen LogP contribution in [0.5, 0.6) is 0 Å². The van der Waals surface area contributed by atoms with Gasteiger partial charge in [-0.05, 0) is 110 Å². The number of anilines is 6. The predicted octanol–water partition coefficient (Wildman–Crippen LogP) is 7.45. The summed E-state index contributed by atoms with van der Waals surface area (Å²) in [4.78, 5) is 68.2. The minimum atomic E-state index is -0.123. The van der Waals surface area contributed by atoms with Crippen molar-refractivity contribution < 1.29 is 0 Å². The van der Waals surface area contributed by atoms with Crippen LogP contribution in [0.1, 0.15) is 41.5 Å². The lowest BCUT2D eigenvalue weighted by molar-refractivity contribution is 0.499. The van der Waals surface area contributed by atoms with Gasteiger partial charge in [-0.1, -0.05) is 0 Å². The molecule has 6 unspecified atom stereocenters. The van der Waals surface area contributed by atoms with Crippen molar-refractivity contribution in [1.29, 1.82) is 0 Å². The maximum Gasteiger partial charge on any atom is 0.209 e. The van der Waals surface area contributed by atoms with Crippen molar-refractivity contribution in [2.45, 2.75) is 78.5 Å². The van der Waals surface area contributed by atoms with Crippen molar-refractivity contribution in [2.75, 3.05) is 122 Å². The summed E-state index contributed by atoms with van der Waals surface area (Å²) in [5.74, 6) is 9.22. The van der Waals surface area contributed by atoms with Gasteiger partial charge < -0.3 is 61.3 Å². The standard InChI is InChI=1S/C12H19N5S.C11H17N5S.2C10H15N5S.2C9H13N5S/c1-9-13-11(15(2)3)17(5)12(14-9)16(4)10-6-7-18-8-10;1-8-12-10(15(2)3)14-11(13-8)16(4)9-5-6-17-7-9;1-7-11-9(13-8-4-5-16-6-8)14-10(12-7)15(2)3;1-7-12-9(11-2)14-10(13-7)15(3)8-4-5-16-6-8;1-6-11-8(10)13-9(12-6)14(2)7-3-4-15-5-7;1-6-11-8(10-2)14-9(12-6)13-7-3-4-15-5-7/h6-9H,1-5H3;5-8H,1-4H3,(H,12,13,14);2*4-7H,1-3H3,(H2,11,12,13,14);3-6H,1-2H3,(H3,10,11,12,13);3-6H,1-2H3,(H3,10,11,12,13,14). The SMILES string of the molecule is CC1N=C(N(C)C)N(C)C(N(C)c2ccsc2)=N1.CC1N=C(N(C)C)NC(N(C)c2ccsc2)=N1.CC1N=C(N)NC(N(C)c2ccsc2)=N1.CC1N=C(Nc2ccsc2)NC(N(C)C)=N1.CN=C1NC(N(C)c2ccsc2)=NC(C)N1.CN=C1NC(Nc2ccsc2)=NC(C)N1. The van der Waals surface area contributed by atoms with Gasteiger partial charge in [-0.25, -0.2) is 49.9 Å². The highest BCUT2D eigenvalue weighted by Gasteiger charge is 2.26. The van der Waals surface area contributed by atoms with Gasteiger partial charge >= 0.3 is 0 Å². The molecule has 11 N–H and O–H groups in total. The van der Waals surface area contributed by atoms with Crippen LogP contribution in [0.2, 0.25) is 0 Å². The molecular weight excluding hydrogens is 1350 g/mol. The average Bonchev–Trinajstić information content (AvgIpc) is 1.13. The van der Waals surface area contributed by atoms with Gasteiger partial charge in [0.2, 0.25) is 53.6 Å². The number of aliphatic imine (C=N–C) groups is 12. The number of nitrogens with zero attached hydrogens (tertiary/aromatic N) is 20. The third kappa shape index (κ3) is 22.9. The van der Waals surface area contributed by atoms with Gasteiger partial charge in [-0.3, -0.25) is 41.5 Å². The van der Waals surface area contributed by atoms with Crippen LogP contribution in [0.3, 0.4) is 0 Å². The van der Waals surface area contributed by atoms with Gasteiger partial charge in [0.1, 0.15) is 37.0 Å². The van der Waals surface area contributed by atoms with Crippen LogP contribution >= 0.6 is 68.0 Å². The molecule has 0 radical (unpaired) electrons. The molecule has 0 saturated heterocycles. The number of hydrogen-bond donors (Lipinski definition) is 10. The fraction of sp³-hybridized carbons (Fsp3) is 0.410. The molecule has 0 spiro atoms. The first-order valence-electron chi connectivity index (χ1n) is 30.6. The Hall–Kier alpha value is -9.36. The highest BCUT2D eigenvalue weighted by atomic mass is 32.1. The van der Waals surface area contributed by atoms with Crippen LogP contribution in [0.4, 0.5) is 34.1 Å². The number of guanidine groups is 12. The van der Waals surface area contributed by atoms with Crippen molar-refractivity contribution >= 4 is 174 Å². The highest BCUT2D eigenvalue weighted by Crippen LogP contribution is 2.23. The maximum absolute atomic E-state index is 5.64. The zero-order valence-corrected chi connectivity index (χ0v) is 63.2. The molecule has 0 aliphatic carbocycles. The Morgan fingerprint density at radius 3 is 1.20 bits per heavy atom. The molecule has 36 heteroatoms. The van der Waals surface area contributed by atoms with E-state index in [-0.39, 0.29) is 37.0 Å². The topological polar surface area (TPSA) is 309 Å². The van der Waals surface area contributed by atoms with Crippen molar-refractivity contribution in [3.63, 3.8) is 0 Å². The number of nitrogens with one attached hydrogen (secondary N) is 9. The van der Waals surface area contributed by atoms with Crippen molar-refractivity contribution in [3.8, 4) is 0 Å². The van der Waals surface area contributed by atoms with E-state index in [2.05, 4.69) is 163 Å². The quantitative estimate of drug-likeness (QED) is 0.0774. The Kier molecular flexibility index (Phi) is 28.4. The molecule has 6 aromatic rings. The maximum atomic E-state index is 5.64. The van der Waals surface area contributed by atoms with E-state index in [1.807, 2.05) is 204 Å². The molecule has 0 bridgehead atoms. The first-order chi connectivity index (χ1) is 46.4. The molecule has 6 aromatic heterocycles. The van der Waals surface area contributed by atoms with Gasteiger partial charge in [0.05, 0.1) is 34.1 Å². The highest BCUT2D eigenvalue weighted by molar-refractivity contribution is 7.09. The summed E-state index contributed by atoms with van der Waals surface area (Å²) in [5, 5.41) is 52.8. The first-order valence-corrected chi connectivity index (χ1v) is 36.3. The normalized spacial score (nSPS) is 20.5. The summed E-state index contributed by atoms with van der Waals surface area (Å²) < 4.78 is 0. The van der Waals surface area contributed by atoms with Gasteiger partial charge in [-0.15, -0.1) is 0 Å². The van der Waals surface area contributed by atoms with Crippen molar-refractivity contribution in [3.05, 3.63) is 101 Å². The molecule has 6 aliphatic heterocycles. The second kappa shape index (κ2) is 36.7. The smallest absolute Gasteiger partial charge is 0.209 e. The minimum absolute atomic E-state index is 0.0334. The van der Waals surface area contributed by atoms with Crippen molar-refractivity contribution in [2.24, 2.45) is 65.6 Å². The molecule has 0 aromatic carbocycles. The second-order valence-electron chi connectivity index (χ2n) is 22.2. The molecule has 6 aliphatic rings. The Balaban J connectivity index is 0.000000164. The zero-order chi connectivity index (χ0) is 70.3. The Morgan fingerprint density at radius 1 is 0.392 bits per heavy atom. The monoisotopic (exact) mass is 1440 g/mol. The van der Waals surface area contributed by atoms with Crippen LogP contribution < -0.4 is 73.2 Å². The van der Waals surface area contributed by atoms with Crippen molar-refractivity contribution in [1.82, 2.24) is 56.8 Å². The fourth-order valence-electron chi connectivity index (χ4n) is 8.79. The third-order valence-electron chi connectivity index (χ3n) is 13.7. The van der Waals surface area contributed by atoms with E-state index in [4.69, 9.17) is 5.73 Å². The summed E-state index contributed by atoms with van der Waals surface area (Å²) >= 11 is 9.97. The first kappa shape index (κ1) is 75.0. The molecule has 6 atom stereocenters. The number of thiophene rings is 6. The number of rotatable bonds is 6. The summed E-state index contributed by atoms with van der Waals surface area (Å²) in [7, 11) is 25.2. The van der Waals surface area contributed by atoms with Gasteiger partial charge in [0.25, 0.3) is 0 Å². The van der Waals surface area contributed by atoms with Crippen LogP contribution in [0, 0.1) is 0 Å². The minimum Gasteiger partial charge on any atom is -0.370 e. The van der Waals surface area contributed by atoms with E-state index in [1.54, 1.807) is 82.1 Å². The van der Waals surface area contributed by atoms with Crippen LogP contribution in [-0.4, -0.2) is 220 Å². The van der Waals surface area contributed by atoms with E-state index in [1.165, 1.54) is 0 Å². The molecule has 0 saturated carbocycles. The lowest BCUT2D eigenvalue weighted by Crippen LogP contribution is -2.54. The molecular formula is C61H92N30S6. The molecule has 522 valence electrons. The van der Waals surface area contributed by atoms with E-state index < -0.39 is 0 Å². The van der Waals surface area contributed by atoms with E-state index in [0.29, 0.717) is 5.96 Å². The Labute approximate surface area is 593 Å². The summed E-state index contributed by atoms with van der Waals surface area (Å²) in [6.45, 7) is 11.8. The zero-order valence-electron chi connectivity index (χ0n) is 58.3. The van der Waals surface area contributed by atoms with E-state index in [0.717, 1.165) is 99.7 Å². The van der Waals surface area contributed by atoms with Gasteiger partial charge in [0.15, 0.2) is 17.9 Å². The molecule has 30 nitrogen and oxygen atoms in total. The second-order valence-corrected chi connectivity index (χ2v) is 26.9. The summed E-state index contributed by atoms with van der Waals surface area (Å²) in [5.41, 5.74) is 12.2. The molecule has 12 heterocycles. The summed E-state index contributed by atoms with van der Waals surface area (Å²) in [6, 6.07) is 12.3. The van der Waals surface area contributed by atoms with E-state index >= 15 is 0 Å². The van der Waals surface area contributed by atoms with Crippen LogP contribution in [-0.2, 0) is 0 Å². The largest absolute Gasteiger partial charge is 0.370 e. The Morgan fingerprint density at radius 2 is 0.763 bits per heavy atom. The Bertz CT molecular complexity index is 3750. The lowest BCUT2D eigenvalue weighted by atomic mass is 10.4.